The number of carbonyl (C=O) groups excluding carboxylic acids is 1. The number of amides is 1. The van der Waals surface area contributed by atoms with E-state index in [9.17, 15) is 4.79 Å². The zero-order chi connectivity index (χ0) is 18.7. The summed E-state index contributed by atoms with van der Waals surface area (Å²) in [5.74, 6) is 2.01. The molecule has 0 saturated heterocycles. The molecule has 3 atom stereocenters. The number of thioether (sulfide) groups is 1. The highest BCUT2D eigenvalue weighted by Crippen LogP contribution is 2.30. The summed E-state index contributed by atoms with van der Waals surface area (Å²) in [5, 5.41) is 11.8. The maximum atomic E-state index is 12.3. The van der Waals surface area contributed by atoms with E-state index in [-0.39, 0.29) is 11.9 Å². The summed E-state index contributed by atoms with van der Waals surface area (Å²) in [4.78, 5) is 12.3. The number of rotatable bonds is 5. The fourth-order valence-electron chi connectivity index (χ4n) is 3.42. The number of benzene rings is 1. The molecule has 1 aromatic carbocycles. The molecule has 0 unspecified atom stereocenters. The first-order valence-electron chi connectivity index (χ1n) is 9.27. The molecule has 1 N–H and O–H groups in total. The van der Waals surface area contributed by atoms with Gasteiger partial charge in [-0.05, 0) is 55.4 Å². The summed E-state index contributed by atoms with van der Waals surface area (Å²) in [6.07, 6.45) is 3.51. The Labute approximate surface area is 159 Å². The summed E-state index contributed by atoms with van der Waals surface area (Å²) < 4.78 is 5.70. The van der Waals surface area contributed by atoms with Crippen LogP contribution in [0.2, 0.25) is 0 Å². The zero-order valence-electron chi connectivity index (χ0n) is 15.9. The smallest absolute Gasteiger partial charge is 0.277 e. The van der Waals surface area contributed by atoms with Gasteiger partial charge in [-0.15, -0.1) is 10.2 Å². The van der Waals surface area contributed by atoms with Crippen molar-refractivity contribution in [3.8, 4) is 11.5 Å². The van der Waals surface area contributed by atoms with E-state index in [1.54, 1.807) is 0 Å². The van der Waals surface area contributed by atoms with Crippen LogP contribution in [0.25, 0.3) is 11.5 Å². The highest BCUT2D eigenvalue weighted by Gasteiger charge is 2.28. The van der Waals surface area contributed by atoms with Gasteiger partial charge in [-0.3, -0.25) is 4.79 Å². The summed E-state index contributed by atoms with van der Waals surface area (Å²) in [6, 6.07) is 6.33. The number of hydrogen-bond acceptors (Lipinski definition) is 5. The number of hydrogen-bond donors (Lipinski definition) is 1. The average molecular weight is 374 g/mol. The first-order valence-corrected chi connectivity index (χ1v) is 10.3. The van der Waals surface area contributed by atoms with Crippen molar-refractivity contribution in [2.75, 3.05) is 5.75 Å². The highest BCUT2D eigenvalue weighted by atomic mass is 32.2. The minimum atomic E-state index is 0.0341. The third kappa shape index (κ3) is 4.47. The summed E-state index contributed by atoms with van der Waals surface area (Å²) in [6.45, 7) is 8.63. The van der Waals surface area contributed by atoms with Crippen molar-refractivity contribution in [3.63, 3.8) is 0 Å². The van der Waals surface area contributed by atoms with Crippen molar-refractivity contribution < 1.29 is 9.21 Å². The van der Waals surface area contributed by atoms with E-state index in [0.29, 0.717) is 28.7 Å². The molecule has 2 aromatic rings. The number of carbonyl (C=O) groups is 1. The molecule has 1 fully saturated rings. The lowest BCUT2D eigenvalue weighted by molar-refractivity contribution is -0.120. The van der Waals surface area contributed by atoms with Crippen LogP contribution in [0.3, 0.4) is 0 Å². The minimum absolute atomic E-state index is 0.0341. The van der Waals surface area contributed by atoms with Crippen LogP contribution < -0.4 is 5.32 Å². The fraction of sp³-hybridized carbons (Fsp3) is 0.550. The second-order valence-corrected chi connectivity index (χ2v) is 8.33. The molecule has 1 amide bonds. The Morgan fingerprint density at radius 2 is 2.04 bits per heavy atom. The third-order valence-electron chi connectivity index (χ3n) is 5.54. The number of nitrogens with one attached hydrogen (secondary N) is 1. The van der Waals surface area contributed by atoms with E-state index in [0.717, 1.165) is 12.0 Å². The van der Waals surface area contributed by atoms with Gasteiger partial charge in [0.25, 0.3) is 5.22 Å². The van der Waals surface area contributed by atoms with Gasteiger partial charge in [-0.2, -0.15) is 0 Å². The molecule has 6 heteroatoms. The predicted molar refractivity (Wildman–Crippen MR) is 104 cm³/mol. The van der Waals surface area contributed by atoms with E-state index in [1.165, 1.54) is 35.7 Å². The van der Waals surface area contributed by atoms with Crippen LogP contribution in [-0.4, -0.2) is 27.9 Å². The maximum absolute atomic E-state index is 12.3. The topological polar surface area (TPSA) is 68.0 Å². The summed E-state index contributed by atoms with van der Waals surface area (Å²) in [7, 11) is 0. The Morgan fingerprint density at radius 1 is 1.23 bits per heavy atom. The van der Waals surface area contributed by atoms with Gasteiger partial charge in [0.15, 0.2) is 0 Å². The predicted octanol–water partition coefficient (Wildman–Crippen LogP) is 4.39. The zero-order valence-corrected chi connectivity index (χ0v) is 16.7. The Kier molecular flexibility index (Phi) is 6.01. The van der Waals surface area contributed by atoms with Gasteiger partial charge in [-0.25, -0.2) is 0 Å². The summed E-state index contributed by atoms with van der Waals surface area (Å²) >= 11 is 1.29. The molecule has 1 saturated carbocycles. The summed E-state index contributed by atoms with van der Waals surface area (Å²) in [5.41, 5.74) is 3.32. The largest absolute Gasteiger partial charge is 0.411 e. The SMILES string of the molecule is Cc1ccc(-c2nnc(SCC(=O)N[C@H]3CCC[C@H](C)[C@@H]3C)o2)cc1C. The van der Waals surface area contributed by atoms with Gasteiger partial charge in [0, 0.05) is 11.6 Å². The van der Waals surface area contributed by atoms with Gasteiger partial charge in [0.2, 0.25) is 11.8 Å². The van der Waals surface area contributed by atoms with Gasteiger partial charge in [0.1, 0.15) is 0 Å². The molecule has 5 nitrogen and oxygen atoms in total. The Balaban J connectivity index is 1.54. The van der Waals surface area contributed by atoms with Crippen LogP contribution in [0.1, 0.15) is 44.2 Å². The molecule has 1 heterocycles. The van der Waals surface area contributed by atoms with E-state index < -0.39 is 0 Å². The van der Waals surface area contributed by atoms with Crippen molar-refractivity contribution in [1.29, 1.82) is 0 Å². The van der Waals surface area contributed by atoms with E-state index in [1.807, 2.05) is 18.2 Å². The van der Waals surface area contributed by atoms with E-state index in [2.05, 4.69) is 43.2 Å². The van der Waals surface area contributed by atoms with Crippen molar-refractivity contribution in [1.82, 2.24) is 15.5 Å². The van der Waals surface area contributed by atoms with Crippen LogP contribution in [0.4, 0.5) is 0 Å². The van der Waals surface area contributed by atoms with Crippen LogP contribution in [0, 0.1) is 25.7 Å². The molecule has 26 heavy (non-hydrogen) atoms. The Bertz CT molecular complexity index is 774. The van der Waals surface area contributed by atoms with Crippen molar-refractivity contribution in [2.45, 2.75) is 58.2 Å². The Morgan fingerprint density at radius 3 is 2.81 bits per heavy atom. The van der Waals surface area contributed by atoms with Crippen LogP contribution in [-0.2, 0) is 4.79 Å². The molecular weight excluding hydrogens is 346 g/mol. The first-order chi connectivity index (χ1) is 12.4. The molecule has 0 radical (unpaired) electrons. The standard InChI is InChI=1S/C20H27N3O2S/c1-12-8-9-16(10-14(12)3)19-22-23-20(25-19)26-11-18(24)21-17-7-5-6-13(2)15(17)4/h8-10,13,15,17H,5-7,11H2,1-4H3,(H,21,24)/t13-,15-,17-/m0/s1. The average Bonchev–Trinajstić information content (AvgIpc) is 3.09. The molecule has 0 spiro atoms. The van der Waals surface area contributed by atoms with Gasteiger partial charge in [-0.1, -0.05) is 44.5 Å². The lowest BCUT2D eigenvalue weighted by atomic mass is 9.78. The number of nitrogens with zero attached hydrogens (tertiary/aromatic N) is 2. The minimum Gasteiger partial charge on any atom is -0.411 e. The molecule has 1 aliphatic rings. The van der Waals surface area contributed by atoms with E-state index in [4.69, 9.17) is 4.42 Å². The molecule has 1 aliphatic carbocycles. The van der Waals surface area contributed by atoms with Crippen LogP contribution in [0.5, 0.6) is 0 Å². The lowest BCUT2D eigenvalue weighted by Crippen LogP contribution is -2.44. The quantitative estimate of drug-likeness (QED) is 0.788. The number of aryl methyl sites for hydroxylation is 2. The van der Waals surface area contributed by atoms with Crippen molar-refractivity contribution >= 4 is 17.7 Å². The first kappa shape index (κ1) is 19.0. The van der Waals surface area contributed by atoms with Crippen LogP contribution >= 0.6 is 11.8 Å². The molecule has 3 rings (SSSR count). The molecule has 0 bridgehead atoms. The van der Waals surface area contributed by atoms with Crippen molar-refractivity contribution in [3.05, 3.63) is 29.3 Å². The molecule has 1 aromatic heterocycles. The second kappa shape index (κ2) is 8.25. The molecule has 0 aliphatic heterocycles. The second-order valence-electron chi connectivity index (χ2n) is 7.40. The maximum Gasteiger partial charge on any atom is 0.277 e. The van der Waals surface area contributed by atoms with Gasteiger partial charge >= 0.3 is 0 Å². The normalized spacial score (nSPS) is 23.0. The number of aromatic nitrogens is 2. The third-order valence-corrected chi connectivity index (χ3v) is 6.36. The lowest BCUT2D eigenvalue weighted by Gasteiger charge is -2.34. The molecular formula is C20H27N3O2S. The fourth-order valence-corrected chi connectivity index (χ4v) is 3.99. The van der Waals surface area contributed by atoms with E-state index >= 15 is 0 Å². The monoisotopic (exact) mass is 373 g/mol. The highest BCUT2D eigenvalue weighted by molar-refractivity contribution is 7.99. The van der Waals surface area contributed by atoms with Gasteiger partial charge in [0.05, 0.1) is 5.75 Å². The molecule has 140 valence electrons. The van der Waals surface area contributed by atoms with Gasteiger partial charge < -0.3 is 9.73 Å². The Hall–Kier alpha value is -1.82. The van der Waals surface area contributed by atoms with Crippen LogP contribution in [0.15, 0.2) is 27.8 Å². The van der Waals surface area contributed by atoms with Crippen molar-refractivity contribution in [2.24, 2.45) is 11.8 Å².